The van der Waals surface area contributed by atoms with Crippen LogP contribution in [0.4, 0.5) is 0 Å². The number of carbonyl (C=O) groups is 1. The van der Waals surface area contributed by atoms with E-state index in [1.165, 1.54) is 5.56 Å². The molecule has 0 N–H and O–H groups in total. The highest BCUT2D eigenvalue weighted by Crippen LogP contribution is 2.30. The van der Waals surface area contributed by atoms with Crippen LogP contribution in [0.2, 0.25) is 0 Å². The van der Waals surface area contributed by atoms with Crippen molar-refractivity contribution in [2.45, 2.75) is 25.4 Å². The molecule has 0 radical (unpaired) electrons. The van der Waals surface area contributed by atoms with Gasteiger partial charge in [-0.2, -0.15) is 0 Å². The minimum atomic E-state index is 0.0836. The number of ether oxygens (including phenoxy) is 1. The Morgan fingerprint density at radius 1 is 1.14 bits per heavy atom. The standard InChI is InChI=1S/C18H19NO2/c1-21-17-9-5-8-15(12-17)18(20)19(16-10-11-16)13-14-6-3-2-4-7-14/h2-9,12,16H,10-11,13H2,1H3. The quantitative estimate of drug-likeness (QED) is 0.839. The summed E-state index contributed by atoms with van der Waals surface area (Å²) in [5.41, 5.74) is 1.86. The second-order valence-electron chi connectivity index (χ2n) is 5.38. The van der Waals surface area contributed by atoms with Gasteiger partial charge >= 0.3 is 0 Å². The first-order valence-corrected chi connectivity index (χ1v) is 7.27. The van der Waals surface area contributed by atoms with Crippen molar-refractivity contribution >= 4 is 5.91 Å². The Balaban J connectivity index is 1.81. The molecule has 0 heterocycles. The molecule has 3 rings (SSSR count). The molecule has 1 fully saturated rings. The molecule has 0 aromatic heterocycles. The van der Waals surface area contributed by atoms with Crippen LogP contribution in [0, 0.1) is 0 Å². The zero-order valence-corrected chi connectivity index (χ0v) is 12.2. The van der Waals surface area contributed by atoms with Crippen LogP contribution >= 0.6 is 0 Å². The summed E-state index contributed by atoms with van der Waals surface area (Å²) in [4.78, 5) is 14.7. The SMILES string of the molecule is COc1cccc(C(=O)N(Cc2ccccc2)C2CC2)c1. The molecule has 0 saturated heterocycles. The lowest BCUT2D eigenvalue weighted by atomic mass is 10.1. The number of nitrogens with zero attached hydrogens (tertiary/aromatic N) is 1. The molecule has 3 nitrogen and oxygen atoms in total. The Morgan fingerprint density at radius 3 is 2.57 bits per heavy atom. The molecule has 1 aliphatic carbocycles. The Bertz CT molecular complexity index is 620. The van der Waals surface area contributed by atoms with Crippen LogP contribution in [-0.4, -0.2) is 24.0 Å². The van der Waals surface area contributed by atoms with E-state index in [1.54, 1.807) is 7.11 Å². The number of amides is 1. The van der Waals surface area contributed by atoms with Crippen molar-refractivity contribution in [2.75, 3.05) is 7.11 Å². The normalized spacial score (nSPS) is 13.8. The molecule has 0 spiro atoms. The Labute approximate surface area is 125 Å². The number of methoxy groups -OCH3 is 1. The molecule has 0 atom stereocenters. The summed E-state index contributed by atoms with van der Waals surface area (Å²) in [5, 5.41) is 0. The second-order valence-corrected chi connectivity index (χ2v) is 5.38. The molecule has 3 heteroatoms. The van der Waals surface area contributed by atoms with Crippen molar-refractivity contribution in [2.24, 2.45) is 0 Å². The van der Waals surface area contributed by atoms with Gasteiger partial charge in [-0.15, -0.1) is 0 Å². The fourth-order valence-corrected chi connectivity index (χ4v) is 2.45. The third kappa shape index (κ3) is 3.24. The van der Waals surface area contributed by atoms with Crippen LogP contribution < -0.4 is 4.74 Å². The summed E-state index contributed by atoms with van der Waals surface area (Å²) < 4.78 is 5.21. The van der Waals surface area contributed by atoms with Crippen molar-refractivity contribution in [1.82, 2.24) is 4.90 Å². The largest absolute Gasteiger partial charge is 0.497 e. The lowest BCUT2D eigenvalue weighted by Crippen LogP contribution is -2.32. The lowest BCUT2D eigenvalue weighted by Gasteiger charge is -2.23. The first-order chi connectivity index (χ1) is 10.3. The lowest BCUT2D eigenvalue weighted by molar-refractivity contribution is 0.0729. The summed E-state index contributed by atoms with van der Waals surface area (Å²) in [5.74, 6) is 0.802. The van der Waals surface area contributed by atoms with Gasteiger partial charge in [0.1, 0.15) is 5.75 Å². The summed E-state index contributed by atoms with van der Waals surface area (Å²) in [6.07, 6.45) is 2.20. The average Bonchev–Trinajstić information content (AvgIpc) is 3.38. The summed E-state index contributed by atoms with van der Waals surface area (Å²) in [6, 6.07) is 17.9. The van der Waals surface area contributed by atoms with E-state index in [0.717, 1.165) is 18.6 Å². The Morgan fingerprint density at radius 2 is 1.90 bits per heavy atom. The molecular weight excluding hydrogens is 262 g/mol. The molecule has 0 bridgehead atoms. The average molecular weight is 281 g/mol. The van der Waals surface area contributed by atoms with Crippen molar-refractivity contribution in [1.29, 1.82) is 0 Å². The maximum Gasteiger partial charge on any atom is 0.254 e. The van der Waals surface area contributed by atoms with E-state index in [4.69, 9.17) is 4.74 Å². The molecule has 2 aromatic rings. The van der Waals surface area contributed by atoms with E-state index in [0.29, 0.717) is 18.2 Å². The minimum Gasteiger partial charge on any atom is -0.497 e. The predicted octanol–water partition coefficient (Wildman–Crippen LogP) is 3.50. The third-order valence-electron chi connectivity index (χ3n) is 3.76. The summed E-state index contributed by atoms with van der Waals surface area (Å²) >= 11 is 0. The number of hydrogen-bond acceptors (Lipinski definition) is 2. The number of benzene rings is 2. The van der Waals surface area contributed by atoms with Crippen LogP contribution in [-0.2, 0) is 6.54 Å². The van der Waals surface area contributed by atoms with Gasteiger partial charge in [0.25, 0.3) is 5.91 Å². The molecule has 1 amide bonds. The first-order valence-electron chi connectivity index (χ1n) is 7.27. The van der Waals surface area contributed by atoms with Crippen LogP contribution in [0.5, 0.6) is 5.75 Å². The van der Waals surface area contributed by atoms with Gasteiger partial charge in [-0.25, -0.2) is 0 Å². The van der Waals surface area contributed by atoms with E-state index in [-0.39, 0.29) is 5.91 Å². The van der Waals surface area contributed by atoms with Gasteiger partial charge in [0, 0.05) is 18.2 Å². The van der Waals surface area contributed by atoms with Crippen molar-refractivity contribution in [3.05, 3.63) is 65.7 Å². The van der Waals surface area contributed by atoms with Gasteiger partial charge < -0.3 is 9.64 Å². The van der Waals surface area contributed by atoms with E-state index >= 15 is 0 Å². The monoisotopic (exact) mass is 281 g/mol. The highest BCUT2D eigenvalue weighted by Gasteiger charge is 2.33. The smallest absolute Gasteiger partial charge is 0.254 e. The molecule has 0 unspecified atom stereocenters. The summed E-state index contributed by atoms with van der Waals surface area (Å²) in [6.45, 7) is 0.668. The van der Waals surface area contributed by atoms with Gasteiger partial charge in [-0.3, -0.25) is 4.79 Å². The van der Waals surface area contributed by atoms with E-state index < -0.39 is 0 Å². The van der Waals surface area contributed by atoms with Crippen LogP contribution in [0.1, 0.15) is 28.8 Å². The maximum absolute atomic E-state index is 12.8. The van der Waals surface area contributed by atoms with E-state index in [2.05, 4.69) is 12.1 Å². The summed E-state index contributed by atoms with van der Waals surface area (Å²) in [7, 11) is 1.62. The van der Waals surface area contributed by atoms with Gasteiger partial charge in [0.2, 0.25) is 0 Å². The second kappa shape index (κ2) is 6.00. The van der Waals surface area contributed by atoms with Gasteiger partial charge in [-0.1, -0.05) is 36.4 Å². The molecule has 0 aliphatic heterocycles. The van der Waals surface area contributed by atoms with E-state index in [9.17, 15) is 4.79 Å². The number of hydrogen-bond donors (Lipinski definition) is 0. The van der Waals surface area contributed by atoms with Crippen LogP contribution in [0.15, 0.2) is 54.6 Å². The molecular formula is C18H19NO2. The minimum absolute atomic E-state index is 0.0836. The maximum atomic E-state index is 12.8. The topological polar surface area (TPSA) is 29.5 Å². The van der Waals surface area contributed by atoms with Crippen molar-refractivity contribution in [3.8, 4) is 5.75 Å². The number of rotatable bonds is 5. The van der Waals surface area contributed by atoms with Crippen molar-refractivity contribution < 1.29 is 9.53 Å². The fraction of sp³-hybridized carbons (Fsp3) is 0.278. The van der Waals surface area contributed by atoms with Crippen LogP contribution in [0.3, 0.4) is 0 Å². The first kappa shape index (κ1) is 13.7. The van der Waals surface area contributed by atoms with Crippen molar-refractivity contribution in [3.63, 3.8) is 0 Å². The predicted molar refractivity (Wildman–Crippen MR) is 82.3 cm³/mol. The fourth-order valence-electron chi connectivity index (χ4n) is 2.45. The highest BCUT2D eigenvalue weighted by atomic mass is 16.5. The zero-order chi connectivity index (χ0) is 14.7. The molecule has 2 aromatic carbocycles. The van der Waals surface area contributed by atoms with Gasteiger partial charge in [0.15, 0.2) is 0 Å². The molecule has 1 aliphatic rings. The zero-order valence-electron chi connectivity index (χ0n) is 12.2. The molecule has 108 valence electrons. The Kier molecular flexibility index (Phi) is 3.91. The Hall–Kier alpha value is -2.29. The van der Waals surface area contributed by atoms with E-state index in [1.807, 2.05) is 47.4 Å². The van der Waals surface area contributed by atoms with Gasteiger partial charge in [0.05, 0.1) is 7.11 Å². The number of carbonyl (C=O) groups excluding carboxylic acids is 1. The van der Waals surface area contributed by atoms with Crippen LogP contribution in [0.25, 0.3) is 0 Å². The molecule has 21 heavy (non-hydrogen) atoms. The highest BCUT2D eigenvalue weighted by molar-refractivity contribution is 5.95. The van der Waals surface area contributed by atoms with Gasteiger partial charge in [-0.05, 0) is 36.6 Å². The molecule has 1 saturated carbocycles. The third-order valence-corrected chi connectivity index (χ3v) is 3.76.